The number of nitrogens with one attached hydrogen (secondary N) is 1. The van der Waals surface area contributed by atoms with Crippen molar-refractivity contribution in [1.29, 1.82) is 0 Å². The Balaban J connectivity index is 1.50. The number of nitrogens with zero attached hydrogens (tertiary/aromatic N) is 1. The maximum atomic E-state index is 12.6. The van der Waals surface area contributed by atoms with Gasteiger partial charge in [0.1, 0.15) is 0 Å². The second-order valence-electron chi connectivity index (χ2n) is 6.88. The van der Waals surface area contributed by atoms with Gasteiger partial charge in [-0.3, -0.25) is 19.3 Å². The third-order valence-corrected chi connectivity index (χ3v) is 5.77. The Morgan fingerprint density at radius 3 is 2.56 bits per heavy atom. The molecule has 1 heterocycles. The van der Waals surface area contributed by atoms with Gasteiger partial charge in [-0.1, -0.05) is 23.7 Å². The van der Waals surface area contributed by atoms with E-state index in [1.54, 1.807) is 36.4 Å². The molecule has 0 bridgehead atoms. The van der Waals surface area contributed by atoms with Crippen LogP contribution in [0.1, 0.15) is 15.9 Å². The summed E-state index contributed by atoms with van der Waals surface area (Å²) in [6.07, 6.45) is 1.58. The molecule has 11 heteroatoms. The van der Waals surface area contributed by atoms with Crippen LogP contribution in [-0.4, -0.2) is 61.8 Å². The van der Waals surface area contributed by atoms with E-state index in [1.165, 1.54) is 26.4 Å². The molecule has 0 saturated carbocycles. The first kappa shape index (κ1) is 25.1. The maximum absolute atomic E-state index is 12.6. The van der Waals surface area contributed by atoms with E-state index in [0.29, 0.717) is 22.1 Å². The number of carbonyl (C=O) groups is 4. The fraction of sp³-hybridized carbons (Fsp3) is 0.217. The molecule has 2 aromatic rings. The van der Waals surface area contributed by atoms with Crippen molar-refractivity contribution in [1.82, 2.24) is 10.2 Å². The lowest BCUT2D eigenvalue weighted by Crippen LogP contribution is -2.38. The summed E-state index contributed by atoms with van der Waals surface area (Å²) in [6.45, 7) is -0.524. The van der Waals surface area contributed by atoms with Crippen molar-refractivity contribution in [3.63, 3.8) is 0 Å². The van der Waals surface area contributed by atoms with Gasteiger partial charge in [-0.2, -0.15) is 0 Å². The van der Waals surface area contributed by atoms with Crippen LogP contribution < -0.4 is 14.8 Å². The first-order valence-electron chi connectivity index (χ1n) is 9.99. The van der Waals surface area contributed by atoms with E-state index < -0.39 is 29.6 Å². The predicted octanol–water partition coefficient (Wildman–Crippen LogP) is 3.37. The molecule has 178 valence electrons. The first-order chi connectivity index (χ1) is 16.3. The van der Waals surface area contributed by atoms with Crippen LogP contribution in [0.5, 0.6) is 11.5 Å². The number of hydrogen-bond acceptors (Lipinski definition) is 8. The molecule has 9 nitrogen and oxygen atoms in total. The average Bonchev–Trinajstić information content (AvgIpc) is 3.09. The fourth-order valence-corrected chi connectivity index (χ4v) is 4.03. The highest BCUT2D eigenvalue weighted by Gasteiger charge is 2.34. The number of ether oxygens (including phenoxy) is 3. The van der Waals surface area contributed by atoms with Crippen LogP contribution in [0, 0.1) is 0 Å². The lowest BCUT2D eigenvalue weighted by molar-refractivity contribution is -0.125. The molecule has 0 atom stereocenters. The SMILES string of the molecule is COc1ccc(/C=C2/SC(=O)N(CCNC(=O)COC(=O)c3cccc(Cl)c3)C2=O)cc1OC. The zero-order valence-corrected chi connectivity index (χ0v) is 19.9. The summed E-state index contributed by atoms with van der Waals surface area (Å²) in [4.78, 5) is 50.1. The molecule has 1 aliphatic rings. The summed E-state index contributed by atoms with van der Waals surface area (Å²) in [5, 5.41) is 2.44. The normalized spacial score (nSPS) is 14.3. The van der Waals surface area contributed by atoms with E-state index in [0.717, 1.165) is 16.7 Å². The van der Waals surface area contributed by atoms with Crippen molar-refractivity contribution in [2.75, 3.05) is 33.9 Å². The molecule has 0 radical (unpaired) electrons. The highest BCUT2D eigenvalue weighted by molar-refractivity contribution is 8.18. The van der Waals surface area contributed by atoms with Gasteiger partial charge in [-0.15, -0.1) is 0 Å². The van der Waals surface area contributed by atoms with Gasteiger partial charge in [-0.25, -0.2) is 4.79 Å². The molecule has 3 rings (SSSR count). The number of imide groups is 1. The summed E-state index contributed by atoms with van der Waals surface area (Å²) in [7, 11) is 3.02. The summed E-state index contributed by atoms with van der Waals surface area (Å²) < 4.78 is 15.4. The monoisotopic (exact) mass is 504 g/mol. The summed E-state index contributed by atoms with van der Waals surface area (Å²) in [5.41, 5.74) is 0.886. The topological polar surface area (TPSA) is 111 Å². The highest BCUT2D eigenvalue weighted by atomic mass is 35.5. The first-order valence-corrected chi connectivity index (χ1v) is 11.2. The standard InChI is InChI=1S/C23H21ClN2O7S/c1-31-17-7-6-14(10-18(17)32-2)11-19-21(28)26(23(30)34-19)9-8-25-20(27)13-33-22(29)15-4-3-5-16(24)12-15/h3-7,10-12H,8-9,13H2,1-2H3,(H,25,27)/b19-11+. The van der Waals surface area contributed by atoms with Gasteiger partial charge in [-0.05, 0) is 53.7 Å². The fourth-order valence-electron chi connectivity index (χ4n) is 2.97. The highest BCUT2D eigenvalue weighted by Crippen LogP contribution is 2.34. The van der Waals surface area contributed by atoms with Gasteiger partial charge in [0.2, 0.25) is 0 Å². The van der Waals surface area contributed by atoms with Crippen molar-refractivity contribution in [3.05, 3.63) is 63.5 Å². The van der Waals surface area contributed by atoms with E-state index in [4.69, 9.17) is 25.8 Å². The summed E-state index contributed by atoms with van der Waals surface area (Å²) in [6, 6.07) is 11.3. The van der Waals surface area contributed by atoms with Crippen LogP contribution >= 0.6 is 23.4 Å². The molecule has 0 aliphatic carbocycles. The number of amides is 3. The molecule has 1 saturated heterocycles. The molecule has 2 aromatic carbocycles. The molecular weight excluding hydrogens is 484 g/mol. The Labute approximate surface area is 205 Å². The van der Waals surface area contributed by atoms with Gasteiger partial charge < -0.3 is 19.5 Å². The Morgan fingerprint density at radius 1 is 1.09 bits per heavy atom. The van der Waals surface area contributed by atoms with E-state index in [2.05, 4.69) is 5.32 Å². The van der Waals surface area contributed by atoms with Crippen LogP contribution in [0.15, 0.2) is 47.4 Å². The van der Waals surface area contributed by atoms with Crippen LogP contribution in [0.2, 0.25) is 5.02 Å². The minimum absolute atomic E-state index is 0.00915. The van der Waals surface area contributed by atoms with Gasteiger partial charge in [0.25, 0.3) is 17.1 Å². The molecule has 0 unspecified atom stereocenters. The molecule has 0 aromatic heterocycles. The zero-order valence-electron chi connectivity index (χ0n) is 18.3. The van der Waals surface area contributed by atoms with Gasteiger partial charge in [0, 0.05) is 18.1 Å². The number of hydrogen-bond donors (Lipinski definition) is 1. The van der Waals surface area contributed by atoms with Crippen LogP contribution in [0.4, 0.5) is 4.79 Å². The smallest absolute Gasteiger partial charge is 0.338 e. The van der Waals surface area contributed by atoms with E-state index in [-0.39, 0.29) is 23.6 Å². The van der Waals surface area contributed by atoms with Crippen LogP contribution in [0.3, 0.4) is 0 Å². The third kappa shape index (κ3) is 6.30. The summed E-state index contributed by atoms with van der Waals surface area (Å²) in [5.74, 6) is -0.686. The number of thioether (sulfide) groups is 1. The largest absolute Gasteiger partial charge is 0.493 e. The quantitative estimate of drug-likeness (QED) is 0.409. The maximum Gasteiger partial charge on any atom is 0.338 e. The number of methoxy groups -OCH3 is 2. The lowest BCUT2D eigenvalue weighted by Gasteiger charge is -2.13. The molecule has 3 amide bonds. The van der Waals surface area contributed by atoms with Crippen molar-refractivity contribution in [3.8, 4) is 11.5 Å². The molecule has 34 heavy (non-hydrogen) atoms. The second-order valence-corrected chi connectivity index (χ2v) is 8.31. The number of carbonyl (C=O) groups excluding carboxylic acids is 4. The predicted molar refractivity (Wildman–Crippen MR) is 127 cm³/mol. The molecule has 1 fully saturated rings. The van der Waals surface area contributed by atoms with Crippen molar-refractivity contribution >= 4 is 52.5 Å². The zero-order chi connectivity index (χ0) is 24.7. The van der Waals surface area contributed by atoms with Gasteiger partial charge >= 0.3 is 5.97 Å². The molecular formula is C23H21ClN2O7S. The Morgan fingerprint density at radius 2 is 1.85 bits per heavy atom. The minimum atomic E-state index is -0.691. The summed E-state index contributed by atoms with van der Waals surface area (Å²) >= 11 is 6.63. The van der Waals surface area contributed by atoms with Crippen LogP contribution in [-0.2, 0) is 14.3 Å². The molecule has 1 N–H and O–H groups in total. The van der Waals surface area contributed by atoms with E-state index in [9.17, 15) is 19.2 Å². The van der Waals surface area contributed by atoms with Crippen LogP contribution in [0.25, 0.3) is 6.08 Å². The Hall–Kier alpha value is -3.50. The van der Waals surface area contributed by atoms with E-state index >= 15 is 0 Å². The van der Waals surface area contributed by atoms with Crippen molar-refractivity contribution in [2.24, 2.45) is 0 Å². The number of benzene rings is 2. The lowest BCUT2D eigenvalue weighted by atomic mass is 10.2. The Kier molecular flexibility index (Phi) is 8.55. The molecule has 0 spiro atoms. The molecule has 1 aliphatic heterocycles. The van der Waals surface area contributed by atoms with Crippen molar-refractivity contribution < 1.29 is 33.4 Å². The van der Waals surface area contributed by atoms with Crippen molar-refractivity contribution in [2.45, 2.75) is 0 Å². The second kappa shape index (κ2) is 11.6. The average molecular weight is 505 g/mol. The number of esters is 1. The third-order valence-electron chi connectivity index (χ3n) is 4.63. The number of halogens is 1. The Bertz CT molecular complexity index is 1150. The van der Waals surface area contributed by atoms with Gasteiger partial charge in [0.15, 0.2) is 18.1 Å². The number of rotatable bonds is 9. The van der Waals surface area contributed by atoms with Gasteiger partial charge in [0.05, 0.1) is 24.7 Å². The van der Waals surface area contributed by atoms with E-state index in [1.807, 2.05) is 0 Å². The minimum Gasteiger partial charge on any atom is -0.493 e.